The molecule has 0 saturated carbocycles. The second kappa shape index (κ2) is 6.71. The maximum atomic E-state index is 12.3. The number of nitrogens with zero attached hydrogens (tertiary/aromatic N) is 2. The minimum absolute atomic E-state index is 0.0173. The molecule has 2 heterocycles. The molecule has 1 fully saturated rings. The number of hydrogen-bond acceptors (Lipinski definition) is 5. The zero-order chi connectivity index (χ0) is 17.2. The van der Waals surface area contributed by atoms with E-state index in [4.69, 9.17) is 9.52 Å². The van der Waals surface area contributed by atoms with Crippen molar-refractivity contribution in [2.75, 3.05) is 25.9 Å². The third kappa shape index (κ3) is 3.91. The van der Waals surface area contributed by atoms with Gasteiger partial charge in [-0.05, 0) is 12.8 Å². The normalized spacial score (nSPS) is 16.7. The van der Waals surface area contributed by atoms with E-state index in [1.807, 2.05) is 0 Å². The van der Waals surface area contributed by atoms with Crippen LogP contribution in [0.4, 0.5) is 0 Å². The largest absolute Gasteiger partial charge is 0.478 e. The maximum Gasteiger partial charge on any atom is 0.338 e. The van der Waals surface area contributed by atoms with Crippen LogP contribution in [0.3, 0.4) is 0 Å². The topological polar surface area (TPSA) is 108 Å². The molecule has 128 valence electrons. The molecule has 1 saturated heterocycles. The molecule has 0 aliphatic carbocycles. The number of furan rings is 1. The molecule has 0 unspecified atom stereocenters. The van der Waals surface area contributed by atoms with Crippen molar-refractivity contribution >= 4 is 21.9 Å². The summed E-state index contributed by atoms with van der Waals surface area (Å²) in [4.78, 5) is 24.6. The fourth-order valence-corrected chi connectivity index (χ4v) is 4.06. The van der Waals surface area contributed by atoms with Crippen molar-refractivity contribution in [1.29, 1.82) is 0 Å². The molecule has 0 atom stereocenters. The molecule has 0 aromatic carbocycles. The first-order chi connectivity index (χ1) is 10.7. The lowest BCUT2D eigenvalue weighted by Gasteiger charge is -2.36. The van der Waals surface area contributed by atoms with Gasteiger partial charge in [-0.25, -0.2) is 13.2 Å². The van der Waals surface area contributed by atoms with E-state index in [0.29, 0.717) is 32.5 Å². The summed E-state index contributed by atoms with van der Waals surface area (Å²) in [5.74, 6) is -1.55. The zero-order valence-electron chi connectivity index (χ0n) is 13.1. The molecule has 23 heavy (non-hydrogen) atoms. The monoisotopic (exact) mass is 344 g/mol. The van der Waals surface area contributed by atoms with E-state index in [1.165, 1.54) is 16.6 Å². The Morgan fingerprint density at radius 2 is 2.00 bits per heavy atom. The summed E-state index contributed by atoms with van der Waals surface area (Å²) in [6.07, 6.45) is 3.30. The number of aromatic carboxylic acids is 1. The van der Waals surface area contributed by atoms with Gasteiger partial charge in [-0.3, -0.25) is 4.79 Å². The number of carbonyl (C=O) groups excluding carboxylic acids is 1. The Labute approximate surface area is 134 Å². The van der Waals surface area contributed by atoms with Gasteiger partial charge in [0, 0.05) is 31.7 Å². The summed E-state index contributed by atoms with van der Waals surface area (Å²) >= 11 is 0. The lowest BCUT2D eigenvalue weighted by atomic mass is 10.0. The van der Waals surface area contributed by atoms with Crippen molar-refractivity contribution in [3.8, 4) is 0 Å². The fraction of sp³-hybridized carbons (Fsp3) is 0.571. The standard InChI is InChI=1S/C14H20N2O6S/c1-3-16(23(2,20)21)11-4-6-15(7-5-11)13(17)12-8-10(9-22-12)14(18)19/h8-9,11H,3-7H2,1-2H3,(H,18,19). The highest BCUT2D eigenvalue weighted by Gasteiger charge is 2.31. The summed E-state index contributed by atoms with van der Waals surface area (Å²) in [6, 6.07) is 1.08. The second-order valence-corrected chi connectivity index (χ2v) is 7.43. The van der Waals surface area contributed by atoms with Gasteiger partial charge in [0.25, 0.3) is 5.91 Å². The minimum Gasteiger partial charge on any atom is -0.478 e. The van der Waals surface area contributed by atoms with Crippen LogP contribution in [0.1, 0.15) is 40.7 Å². The van der Waals surface area contributed by atoms with Crippen molar-refractivity contribution in [2.24, 2.45) is 0 Å². The molecule has 0 bridgehead atoms. The van der Waals surface area contributed by atoms with Crippen molar-refractivity contribution in [3.05, 3.63) is 23.7 Å². The Balaban J connectivity index is 2.00. The van der Waals surface area contributed by atoms with Crippen molar-refractivity contribution < 1.29 is 27.5 Å². The van der Waals surface area contributed by atoms with Crippen LogP contribution < -0.4 is 0 Å². The van der Waals surface area contributed by atoms with Gasteiger partial charge in [0.15, 0.2) is 5.76 Å². The number of carboxylic acid groups (broad SMARTS) is 1. The van der Waals surface area contributed by atoms with E-state index in [0.717, 1.165) is 6.26 Å². The number of carboxylic acids is 1. The number of likely N-dealkylation sites (tertiary alicyclic amines) is 1. The van der Waals surface area contributed by atoms with Crippen LogP contribution in [0, 0.1) is 0 Å². The smallest absolute Gasteiger partial charge is 0.338 e. The van der Waals surface area contributed by atoms with E-state index >= 15 is 0 Å². The molecule has 8 nitrogen and oxygen atoms in total. The molecule has 0 radical (unpaired) electrons. The number of sulfonamides is 1. The lowest BCUT2D eigenvalue weighted by Crippen LogP contribution is -2.48. The molecule has 0 spiro atoms. The van der Waals surface area contributed by atoms with E-state index < -0.39 is 16.0 Å². The summed E-state index contributed by atoms with van der Waals surface area (Å²) in [5, 5.41) is 8.84. The van der Waals surface area contributed by atoms with Crippen LogP contribution in [0.25, 0.3) is 0 Å². The summed E-state index contributed by atoms with van der Waals surface area (Å²) < 4.78 is 29.9. The van der Waals surface area contributed by atoms with Gasteiger partial charge in [0.2, 0.25) is 10.0 Å². The van der Waals surface area contributed by atoms with Crippen molar-refractivity contribution in [1.82, 2.24) is 9.21 Å². The number of rotatable bonds is 5. The zero-order valence-corrected chi connectivity index (χ0v) is 13.9. The van der Waals surface area contributed by atoms with Crippen LogP contribution in [0.5, 0.6) is 0 Å². The Kier molecular flexibility index (Phi) is 5.10. The van der Waals surface area contributed by atoms with Crippen LogP contribution in [0.2, 0.25) is 0 Å². The highest BCUT2D eigenvalue weighted by molar-refractivity contribution is 7.88. The summed E-state index contributed by atoms with van der Waals surface area (Å²) in [5.41, 5.74) is -0.0718. The first kappa shape index (κ1) is 17.5. The number of hydrogen-bond donors (Lipinski definition) is 1. The molecule has 1 aromatic rings. The molecule has 1 amide bonds. The lowest BCUT2D eigenvalue weighted by molar-refractivity contribution is 0.0647. The van der Waals surface area contributed by atoms with Gasteiger partial charge < -0.3 is 14.4 Å². The van der Waals surface area contributed by atoms with Gasteiger partial charge in [0.05, 0.1) is 11.8 Å². The van der Waals surface area contributed by atoms with Crippen LogP contribution in [-0.2, 0) is 10.0 Å². The molecule has 2 rings (SSSR count). The van der Waals surface area contributed by atoms with E-state index in [-0.39, 0.29) is 23.3 Å². The molecule has 1 aliphatic heterocycles. The van der Waals surface area contributed by atoms with Crippen molar-refractivity contribution in [3.63, 3.8) is 0 Å². The maximum absolute atomic E-state index is 12.3. The number of piperidine rings is 1. The van der Waals surface area contributed by atoms with E-state index in [9.17, 15) is 18.0 Å². The second-order valence-electron chi connectivity index (χ2n) is 5.49. The number of carbonyl (C=O) groups is 2. The van der Waals surface area contributed by atoms with Gasteiger partial charge in [-0.2, -0.15) is 4.31 Å². The molecule has 1 aliphatic rings. The van der Waals surface area contributed by atoms with E-state index in [1.54, 1.807) is 11.8 Å². The van der Waals surface area contributed by atoms with Gasteiger partial charge in [-0.15, -0.1) is 0 Å². The minimum atomic E-state index is -3.26. The third-order valence-corrected chi connectivity index (χ3v) is 5.36. The highest BCUT2D eigenvalue weighted by atomic mass is 32.2. The van der Waals surface area contributed by atoms with Crippen molar-refractivity contribution in [2.45, 2.75) is 25.8 Å². The van der Waals surface area contributed by atoms with Crippen LogP contribution >= 0.6 is 0 Å². The predicted molar refractivity (Wildman–Crippen MR) is 81.8 cm³/mol. The van der Waals surface area contributed by atoms with Gasteiger partial charge in [0.1, 0.15) is 6.26 Å². The van der Waals surface area contributed by atoms with Crippen LogP contribution in [-0.4, -0.2) is 66.5 Å². The van der Waals surface area contributed by atoms with E-state index in [2.05, 4.69) is 0 Å². The quantitative estimate of drug-likeness (QED) is 0.849. The highest BCUT2D eigenvalue weighted by Crippen LogP contribution is 2.21. The first-order valence-electron chi connectivity index (χ1n) is 7.32. The van der Waals surface area contributed by atoms with Gasteiger partial charge >= 0.3 is 5.97 Å². The molecule has 1 N–H and O–H groups in total. The molecule has 1 aromatic heterocycles. The van der Waals surface area contributed by atoms with Crippen LogP contribution in [0.15, 0.2) is 16.7 Å². The third-order valence-electron chi connectivity index (χ3n) is 3.95. The molecular weight excluding hydrogens is 324 g/mol. The van der Waals surface area contributed by atoms with Gasteiger partial charge in [-0.1, -0.05) is 6.92 Å². The Hall–Kier alpha value is -1.87. The summed E-state index contributed by atoms with van der Waals surface area (Å²) in [7, 11) is -3.26. The Morgan fingerprint density at radius 3 is 2.43 bits per heavy atom. The predicted octanol–water partition coefficient (Wildman–Crippen LogP) is 0.864. The summed E-state index contributed by atoms with van der Waals surface area (Å²) in [6.45, 7) is 2.99. The first-order valence-corrected chi connectivity index (χ1v) is 9.16. The number of amides is 1. The Bertz CT molecular complexity index is 688. The average molecular weight is 344 g/mol. The SMILES string of the molecule is CCN(C1CCN(C(=O)c2cc(C(=O)O)co2)CC1)S(C)(=O)=O. The Morgan fingerprint density at radius 1 is 1.39 bits per heavy atom. The fourth-order valence-electron chi connectivity index (χ4n) is 2.84. The molecule has 9 heteroatoms. The average Bonchev–Trinajstić information content (AvgIpc) is 2.96. The molecular formula is C14H20N2O6S.